The second-order valence-electron chi connectivity index (χ2n) is 15.3. The summed E-state index contributed by atoms with van der Waals surface area (Å²) in [6, 6.07) is 54.1. The van der Waals surface area contributed by atoms with E-state index < -0.39 is 0 Å². The van der Waals surface area contributed by atoms with E-state index in [1.807, 2.05) is 78.9 Å². The lowest BCUT2D eigenvalue weighted by atomic mass is 9.98. The van der Waals surface area contributed by atoms with Crippen LogP contribution >= 0.6 is 0 Å². The SMILES string of the molecule is C=C(/C=C\C(=C/C)c1ccc2nc(-c3ccccc3)c3oc4ccccc4c3c2c1)c1cc(-c2ccc(N3C/C=C\C=C/C(=C)c4ccccc43)cc2)nc(-c2ccccc2)n1. The van der Waals surface area contributed by atoms with E-state index in [0.29, 0.717) is 5.82 Å². The van der Waals surface area contributed by atoms with Crippen LogP contribution in [0.2, 0.25) is 0 Å². The van der Waals surface area contributed by atoms with E-state index in [4.69, 9.17) is 19.4 Å². The fourth-order valence-corrected chi connectivity index (χ4v) is 8.21. The highest BCUT2D eigenvalue weighted by molar-refractivity contribution is 6.21. The fraction of sp³-hybridized carbons (Fsp3) is 0.0351. The van der Waals surface area contributed by atoms with Gasteiger partial charge in [0.05, 0.1) is 16.9 Å². The van der Waals surface area contributed by atoms with Crippen molar-refractivity contribution in [2.75, 3.05) is 11.4 Å². The minimum Gasteiger partial charge on any atom is -0.454 e. The topological polar surface area (TPSA) is 55.1 Å². The Morgan fingerprint density at radius 2 is 1.42 bits per heavy atom. The Labute approximate surface area is 361 Å². The van der Waals surface area contributed by atoms with Crippen LogP contribution in [0.5, 0.6) is 0 Å². The average molecular weight is 799 g/mol. The van der Waals surface area contributed by atoms with Gasteiger partial charge in [0.15, 0.2) is 11.4 Å². The normalized spacial score (nSPS) is 14.2. The number of anilines is 2. The summed E-state index contributed by atoms with van der Waals surface area (Å²) in [5.74, 6) is 0.640. The van der Waals surface area contributed by atoms with Crippen molar-refractivity contribution in [3.8, 4) is 33.9 Å². The maximum Gasteiger partial charge on any atom is 0.162 e. The molecule has 5 nitrogen and oxygen atoms in total. The smallest absolute Gasteiger partial charge is 0.162 e. The summed E-state index contributed by atoms with van der Waals surface area (Å²) in [5.41, 5.74) is 15.0. The number of furan rings is 1. The van der Waals surface area contributed by atoms with Crippen LogP contribution in [-0.2, 0) is 0 Å². The number of nitrogens with zero attached hydrogens (tertiary/aromatic N) is 4. The summed E-state index contributed by atoms with van der Waals surface area (Å²) >= 11 is 0. The highest BCUT2D eigenvalue weighted by Crippen LogP contribution is 2.40. The number of pyridine rings is 1. The number of aromatic nitrogens is 3. The molecule has 0 bridgehead atoms. The molecule has 4 heterocycles. The zero-order valence-corrected chi connectivity index (χ0v) is 34.4. The van der Waals surface area contributed by atoms with E-state index in [-0.39, 0.29) is 0 Å². The third-order valence-corrected chi connectivity index (χ3v) is 11.4. The molecule has 62 heavy (non-hydrogen) atoms. The Kier molecular flexibility index (Phi) is 10.1. The Balaban J connectivity index is 0.993. The van der Waals surface area contributed by atoms with Crippen molar-refractivity contribution in [3.63, 3.8) is 0 Å². The highest BCUT2D eigenvalue weighted by atomic mass is 16.3. The van der Waals surface area contributed by atoms with E-state index in [0.717, 1.165) is 112 Å². The zero-order chi connectivity index (χ0) is 42.0. The number of rotatable bonds is 8. The van der Waals surface area contributed by atoms with Crippen molar-refractivity contribution in [3.05, 3.63) is 230 Å². The van der Waals surface area contributed by atoms with E-state index in [1.54, 1.807) is 0 Å². The van der Waals surface area contributed by atoms with Gasteiger partial charge in [-0.25, -0.2) is 15.0 Å². The second kappa shape index (κ2) is 16.5. The number of hydrogen-bond acceptors (Lipinski definition) is 5. The minimum absolute atomic E-state index is 0.640. The van der Waals surface area contributed by atoms with Crippen LogP contribution < -0.4 is 4.90 Å². The predicted molar refractivity (Wildman–Crippen MR) is 260 cm³/mol. The van der Waals surface area contributed by atoms with Crippen molar-refractivity contribution >= 4 is 60.9 Å². The molecule has 6 aromatic carbocycles. The first-order valence-electron chi connectivity index (χ1n) is 20.8. The molecule has 0 saturated carbocycles. The fourth-order valence-electron chi connectivity index (χ4n) is 8.21. The first-order chi connectivity index (χ1) is 30.5. The van der Waals surface area contributed by atoms with E-state index >= 15 is 0 Å². The molecular formula is C57H42N4O. The maximum absolute atomic E-state index is 6.52. The van der Waals surface area contributed by atoms with Crippen molar-refractivity contribution in [2.45, 2.75) is 6.92 Å². The Morgan fingerprint density at radius 1 is 0.677 bits per heavy atom. The average Bonchev–Trinajstić information content (AvgIpc) is 3.76. The molecule has 0 radical (unpaired) electrons. The zero-order valence-electron chi connectivity index (χ0n) is 34.4. The summed E-state index contributed by atoms with van der Waals surface area (Å²) in [6.07, 6.45) is 14.6. The molecule has 296 valence electrons. The molecule has 0 N–H and O–H groups in total. The van der Waals surface area contributed by atoms with Crippen molar-refractivity contribution in [1.82, 2.24) is 15.0 Å². The number of allylic oxidation sites excluding steroid dienone is 9. The van der Waals surface area contributed by atoms with Crippen LogP contribution in [0.3, 0.4) is 0 Å². The number of benzene rings is 6. The Morgan fingerprint density at radius 3 is 2.23 bits per heavy atom. The number of fused-ring (bicyclic) bond motifs is 6. The molecule has 3 aromatic heterocycles. The lowest BCUT2D eigenvalue weighted by Crippen LogP contribution is -2.18. The number of hydrogen-bond donors (Lipinski definition) is 0. The van der Waals surface area contributed by atoms with Crippen LogP contribution in [0.1, 0.15) is 23.7 Å². The molecule has 1 aliphatic heterocycles. The summed E-state index contributed by atoms with van der Waals surface area (Å²) in [6.45, 7) is 11.6. The van der Waals surface area contributed by atoms with Gasteiger partial charge in [-0.1, -0.05) is 171 Å². The van der Waals surface area contributed by atoms with Crippen LogP contribution in [0.25, 0.3) is 83.5 Å². The highest BCUT2D eigenvalue weighted by Gasteiger charge is 2.19. The molecule has 1 aliphatic rings. The van der Waals surface area contributed by atoms with Crippen LogP contribution in [0.4, 0.5) is 11.4 Å². The van der Waals surface area contributed by atoms with Crippen molar-refractivity contribution in [2.24, 2.45) is 0 Å². The van der Waals surface area contributed by atoms with Gasteiger partial charge in [0.2, 0.25) is 0 Å². The maximum atomic E-state index is 6.52. The Bertz CT molecular complexity index is 3300. The molecule has 0 spiro atoms. The van der Waals surface area contributed by atoms with E-state index in [9.17, 15) is 0 Å². The molecule has 0 atom stereocenters. The largest absolute Gasteiger partial charge is 0.454 e. The lowest BCUT2D eigenvalue weighted by molar-refractivity contribution is 0.669. The summed E-state index contributed by atoms with van der Waals surface area (Å²) in [4.78, 5) is 17.6. The molecule has 0 aliphatic carbocycles. The van der Waals surface area contributed by atoms with E-state index in [2.05, 4.69) is 146 Å². The number of para-hydroxylation sites is 2. The summed E-state index contributed by atoms with van der Waals surface area (Å²) in [7, 11) is 0. The second-order valence-corrected chi connectivity index (χ2v) is 15.3. The minimum atomic E-state index is 0.640. The quantitative estimate of drug-likeness (QED) is 0.143. The van der Waals surface area contributed by atoms with Gasteiger partial charge in [-0.05, 0) is 71.7 Å². The molecule has 0 fully saturated rings. The molecule has 0 unspecified atom stereocenters. The molecule has 10 rings (SSSR count). The summed E-state index contributed by atoms with van der Waals surface area (Å²) in [5, 5.41) is 3.17. The lowest BCUT2D eigenvalue weighted by Gasteiger charge is -2.26. The molecule has 5 heteroatoms. The van der Waals surface area contributed by atoms with Crippen molar-refractivity contribution in [1.29, 1.82) is 0 Å². The van der Waals surface area contributed by atoms with Gasteiger partial charge in [0, 0.05) is 56.3 Å². The van der Waals surface area contributed by atoms with Gasteiger partial charge < -0.3 is 9.32 Å². The van der Waals surface area contributed by atoms with Gasteiger partial charge in [-0.2, -0.15) is 0 Å². The Hall–Kier alpha value is -8.15. The standard InChI is InChI=1S/C57H42N4O/c1-4-40(44-31-34-49-48(36-44)54-47-24-14-16-26-53(47)62-56(54)55(58-49)42-19-9-5-10-20-42)28-27-39(3)50-37-51(60-57(59-50)43-21-11-6-12-22-43)41-29-32-45(33-30-41)61-35-17-7-8-18-38(2)46-23-13-15-25-52(46)61/h4-34,36-37H,2-3,35H2,1H3/b17-7-,18-8-,28-27-,40-4+. The van der Waals surface area contributed by atoms with E-state index in [1.165, 1.54) is 0 Å². The van der Waals surface area contributed by atoms with Crippen molar-refractivity contribution < 1.29 is 4.42 Å². The first-order valence-corrected chi connectivity index (χ1v) is 20.8. The monoisotopic (exact) mass is 798 g/mol. The van der Waals surface area contributed by atoms with Gasteiger partial charge in [-0.15, -0.1) is 0 Å². The van der Waals surface area contributed by atoms with Gasteiger partial charge in [0.1, 0.15) is 11.3 Å². The van der Waals surface area contributed by atoms with Crippen LogP contribution in [0.15, 0.2) is 218 Å². The first kappa shape index (κ1) is 38.1. The van der Waals surface area contributed by atoms with Gasteiger partial charge in [-0.3, -0.25) is 0 Å². The molecular weight excluding hydrogens is 757 g/mol. The van der Waals surface area contributed by atoms with Crippen LogP contribution in [-0.4, -0.2) is 21.5 Å². The molecule has 9 aromatic rings. The molecule has 0 saturated heterocycles. The van der Waals surface area contributed by atoms with Crippen LogP contribution in [0, 0.1) is 0 Å². The van der Waals surface area contributed by atoms with Gasteiger partial charge >= 0.3 is 0 Å². The predicted octanol–water partition coefficient (Wildman–Crippen LogP) is 14.9. The third kappa shape index (κ3) is 7.26. The molecule has 0 amide bonds. The summed E-state index contributed by atoms with van der Waals surface area (Å²) < 4.78 is 6.52. The van der Waals surface area contributed by atoms with Gasteiger partial charge in [0.25, 0.3) is 0 Å². The third-order valence-electron chi connectivity index (χ3n) is 11.4.